The average molecular weight is 236 g/mol. The highest BCUT2D eigenvalue weighted by molar-refractivity contribution is 5.78. The summed E-state index contributed by atoms with van der Waals surface area (Å²) in [5, 5.41) is 0. The Bertz CT molecular complexity index is 694. The first kappa shape index (κ1) is 9.83. The van der Waals surface area contributed by atoms with Gasteiger partial charge in [-0.25, -0.2) is 9.97 Å². The first-order valence-electron chi connectivity index (χ1n) is 6.16. The summed E-state index contributed by atoms with van der Waals surface area (Å²) in [6, 6.07) is 0. The molecular formula is C15H12N2O. The molecule has 4 rings (SSSR count). The Morgan fingerprint density at radius 3 is 3.11 bits per heavy atom. The lowest BCUT2D eigenvalue weighted by Gasteiger charge is -2.19. The van der Waals surface area contributed by atoms with Crippen molar-refractivity contribution in [1.82, 2.24) is 9.97 Å². The molecule has 3 nitrogen and oxygen atoms in total. The zero-order chi connectivity index (χ0) is 11.9. The largest absolute Gasteiger partial charge is 0.457 e. The number of aromatic nitrogens is 2. The fraction of sp³-hybridized carbons (Fsp3) is 0.200. The molecule has 88 valence electrons. The minimum atomic E-state index is 0.333. The van der Waals surface area contributed by atoms with Gasteiger partial charge in [0.15, 0.2) is 5.58 Å². The van der Waals surface area contributed by atoms with Crippen molar-refractivity contribution in [2.24, 2.45) is 5.92 Å². The number of hydrogen-bond donors (Lipinski definition) is 0. The smallest absolute Gasteiger partial charge is 0.171 e. The van der Waals surface area contributed by atoms with Crippen molar-refractivity contribution < 1.29 is 4.42 Å². The molecule has 2 heterocycles. The van der Waals surface area contributed by atoms with Gasteiger partial charge >= 0.3 is 0 Å². The van der Waals surface area contributed by atoms with Crippen molar-refractivity contribution in [3.8, 4) is 0 Å². The number of furan rings is 1. The standard InChI is InChI=1S/C15H12N2O/c1-2-6-11-10(4-1)5-3-7-12-14(11)15-13(18-12)8-16-9-17-15/h1-6,8-11H,7H2. The van der Waals surface area contributed by atoms with Crippen LogP contribution in [0.25, 0.3) is 11.1 Å². The van der Waals surface area contributed by atoms with Crippen molar-refractivity contribution in [2.45, 2.75) is 12.3 Å². The number of nitrogens with zero attached hydrogens (tertiary/aromatic N) is 2. The van der Waals surface area contributed by atoms with E-state index in [0.29, 0.717) is 11.8 Å². The Kier molecular flexibility index (Phi) is 2.00. The third-order valence-corrected chi connectivity index (χ3v) is 3.64. The van der Waals surface area contributed by atoms with Gasteiger partial charge in [-0.15, -0.1) is 0 Å². The van der Waals surface area contributed by atoms with Crippen molar-refractivity contribution in [2.75, 3.05) is 0 Å². The van der Waals surface area contributed by atoms with Crippen LogP contribution in [0.3, 0.4) is 0 Å². The van der Waals surface area contributed by atoms with Gasteiger partial charge in [-0.3, -0.25) is 0 Å². The van der Waals surface area contributed by atoms with Crippen LogP contribution in [-0.4, -0.2) is 9.97 Å². The molecule has 2 atom stereocenters. The maximum absolute atomic E-state index is 5.89. The van der Waals surface area contributed by atoms with Gasteiger partial charge in [0, 0.05) is 23.8 Å². The third kappa shape index (κ3) is 1.30. The maximum Gasteiger partial charge on any atom is 0.171 e. The highest BCUT2D eigenvalue weighted by Crippen LogP contribution is 2.40. The number of allylic oxidation sites excluding steroid dienone is 6. The van der Waals surface area contributed by atoms with Crippen molar-refractivity contribution in [3.05, 3.63) is 60.3 Å². The van der Waals surface area contributed by atoms with Gasteiger partial charge < -0.3 is 4.42 Å². The second-order valence-electron chi connectivity index (χ2n) is 4.68. The molecule has 2 aliphatic carbocycles. The second kappa shape index (κ2) is 3.67. The lowest BCUT2D eigenvalue weighted by molar-refractivity contribution is 0.553. The number of hydrogen-bond acceptors (Lipinski definition) is 3. The molecule has 2 aliphatic rings. The van der Waals surface area contributed by atoms with E-state index in [0.717, 1.165) is 23.3 Å². The molecule has 0 bridgehead atoms. The maximum atomic E-state index is 5.89. The molecule has 2 unspecified atom stereocenters. The van der Waals surface area contributed by atoms with Crippen LogP contribution < -0.4 is 0 Å². The molecular weight excluding hydrogens is 224 g/mol. The highest BCUT2D eigenvalue weighted by atomic mass is 16.3. The van der Waals surface area contributed by atoms with Crippen LogP contribution in [0.4, 0.5) is 0 Å². The van der Waals surface area contributed by atoms with E-state index in [1.54, 1.807) is 12.5 Å². The van der Waals surface area contributed by atoms with Crippen molar-refractivity contribution >= 4 is 11.1 Å². The molecule has 0 radical (unpaired) electrons. The van der Waals surface area contributed by atoms with Gasteiger partial charge in [0.2, 0.25) is 0 Å². The molecule has 0 N–H and O–H groups in total. The van der Waals surface area contributed by atoms with Gasteiger partial charge in [0.25, 0.3) is 0 Å². The summed E-state index contributed by atoms with van der Waals surface area (Å²) < 4.78 is 5.89. The van der Waals surface area contributed by atoms with E-state index in [9.17, 15) is 0 Å². The summed E-state index contributed by atoms with van der Waals surface area (Å²) >= 11 is 0. The lowest BCUT2D eigenvalue weighted by atomic mass is 9.83. The van der Waals surface area contributed by atoms with E-state index in [-0.39, 0.29) is 0 Å². The summed E-state index contributed by atoms with van der Waals surface area (Å²) in [4.78, 5) is 8.43. The molecule has 0 fully saturated rings. The van der Waals surface area contributed by atoms with Crippen LogP contribution >= 0.6 is 0 Å². The Morgan fingerprint density at radius 2 is 2.11 bits per heavy atom. The van der Waals surface area contributed by atoms with Gasteiger partial charge in [-0.05, 0) is 0 Å². The first-order valence-corrected chi connectivity index (χ1v) is 6.16. The molecule has 2 aromatic rings. The van der Waals surface area contributed by atoms with Gasteiger partial charge in [-0.1, -0.05) is 36.5 Å². The SMILES string of the molecule is C1=CC2C=CCc3oc4cncnc4c3C2C=C1. The summed E-state index contributed by atoms with van der Waals surface area (Å²) in [6.07, 6.45) is 17.3. The van der Waals surface area contributed by atoms with Crippen LogP contribution in [0.5, 0.6) is 0 Å². The Balaban J connectivity index is 2.01. The quantitative estimate of drug-likeness (QED) is 0.659. The Morgan fingerprint density at radius 1 is 1.17 bits per heavy atom. The molecule has 0 saturated heterocycles. The van der Waals surface area contributed by atoms with Gasteiger partial charge in [0.1, 0.15) is 17.6 Å². The molecule has 0 amide bonds. The van der Waals surface area contributed by atoms with E-state index >= 15 is 0 Å². The van der Waals surface area contributed by atoms with E-state index in [1.807, 2.05) is 0 Å². The van der Waals surface area contributed by atoms with Crippen LogP contribution in [0.2, 0.25) is 0 Å². The average Bonchev–Trinajstić information content (AvgIpc) is 2.68. The fourth-order valence-corrected chi connectivity index (χ4v) is 2.84. The molecule has 2 aromatic heterocycles. The number of rotatable bonds is 0. The van der Waals surface area contributed by atoms with Crippen LogP contribution in [0.15, 0.2) is 53.4 Å². The van der Waals surface area contributed by atoms with Gasteiger partial charge in [-0.2, -0.15) is 0 Å². The fourth-order valence-electron chi connectivity index (χ4n) is 2.84. The molecule has 3 heteroatoms. The lowest BCUT2D eigenvalue weighted by Crippen LogP contribution is -2.08. The van der Waals surface area contributed by atoms with Crippen LogP contribution in [0.1, 0.15) is 17.2 Å². The zero-order valence-corrected chi connectivity index (χ0v) is 9.78. The summed E-state index contributed by atoms with van der Waals surface area (Å²) in [7, 11) is 0. The van der Waals surface area contributed by atoms with Crippen molar-refractivity contribution in [1.29, 1.82) is 0 Å². The molecule has 0 spiro atoms. The third-order valence-electron chi connectivity index (χ3n) is 3.64. The van der Waals surface area contributed by atoms with Crippen molar-refractivity contribution in [3.63, 3.8) is 0 Å². The predicted molar refractivity (Wildman–Crippen MR) is 69.2 cm³/mol. The Hall–Kier alpha value is -2.16. The van der Waals surface area contributed by atoms with Crippen LogP contribution in [-0.2, 0) is 6.42 Å². The van der Waals surface area contributed by atoms with E-state index < -0.39 is 0 Å². The normalized spacial score (nSPS) is 24.9. The topological polar surface area (TPSA) is 38.9 Å². The number of fused-ring (bicyclic) bond motifs is 5. The minimum Gasteiger partial charge on any atom is -0.457 e. The summed E-state index contributed by atoms with van der Waals surface area (Å²) in [6.45, 7) is 0. The molecule has 18 heavy (non-hydrogen) atoms. The van der Waals surface area contributed by atoms with E-state index in [1.165, 1.54) is 5.56 Å². The first-order chi connectivity index (χ1) is 8.93. The molecule has 0 aromatic carbocycles. The van der Waals surface area contributed by atoms with E-state index in [4.69, 9.17) is 4.42 Å². The predicted octanol–water partition coefficient (Wildman–Crippen LogP) is 3.16. The summed E-state index contributed by atoms with van der Waals surface area (Å²) in [5.74, 6) is 1.76. The molecule has 0 aliphatic heterocycles. The highest BCUT2D eigenvalue weighted by Gasteiger charge is 2.28. The molecule has 0 saturated carbocycles. The summed E-state index contributed by atoms with van der Waals surface area (Å²) in [5.41, 5.74) is 2.97. The van der Waals surface area contributed by atoms with Crippen LogP contribution in [0, 0.1) is 5.92 Å². The minimum absolute atomic E-state index is 0.333. The Labute approximate surface area is 105 Å². The second-order valence-corrected chi connectivity index (χ2v) is 4.68. The zero-order valence-electron chi connectivity index (χ0n) is 9.78. The monoisotopic (exact) mass is 236 g/mol. The van der Waals surface area contributed by atoms with E-state index in [2.05, 4.69) is 46.4 Å². The van der Waals surface area contributed by atoms with Gasteiger partial charge in [0.05, 0.1) is 6.20 Å².